The van der Waals surface area contributed by atoms with E-state index in [0.29, 0.717) is 27.6 Å². The molecule has 0 bridgehead atoms. The minimum Gasteiger partial charge on any atom is -0.493 e. The molecule has 0 aliphatic rings. The van der Waals surface area contributed by atoms with Crippen LogP contribution in [0.15, 0.2) is 95.4 Å². The highest BCUT2D eigenvalue weighted by molar-refractivity contribution is 7.14. The van der Waals surface area contributed by atoms with E-state index >= 15 is 0 Å². The topological polar surface area (TPSA) is 114 Å². The summed E-state index contributed by atoms with van der Waals surface area (Å²) in [5, 5.41) is 13.7. The Balaban J connectivity index is 1.16. The van der Waals surface area contributed by atoms with Gasteiger partial charge in [0.15, 0.2) is 23.2 Å². The lowest BCUT2D eigenvalue weighted by Gasteiger charge is -2.14. The van der Waals surface area contributed by atoms with Gasteiger partial charge in [-0.2, -0.15) is 5.10 Å². The number of rotatable bonds is 11. The fraction of sp³-hybridized carbons (Fsp3) is 0.0909. The van der Waals surface area contributed by atoms with E-state index in [1.165, 1.54) is 24.7 Å². The number of anilines is 3. The molecule has 0 saturated carbocycles. The van der Waals surface area contributed by atoms with Crippen molar-refractivity contribution in [2.45, 2.75) is 6.92 Å². The predicted octanol–water partition coefficient (Wildman–Crippen LogP) is 7.96. The number of thiazole rings is 1. The molecule has 0 saturated heterocycles. The summed E-state index contributed by atoms with van der Waals surface area (Å²) in [5.41, 5.74) is 7.66. The van der Waals surface area contributed by atoms with Crippen molar-refractivity contribution in [3.05, 3.63) is 117 Å². The average molecular weight is 661 g/mol. The molecule has 9 nitrogen and oxygen atoms in total. The standard InChI is InChI=1S/C33H27Cl2N5O4S/c1-20-5-3-4-6-27(20)38-30(41)18-44-31-26(35)15-21(16-29(31)43-2)17-36-40-32(42)23-9-7-22(8-10-23)28-19-45-33(39-28)37-25-13-11-24(34)12-14-25/h3-17,19H,18H2,1-2H3,(H,37,39)(H,38,41)(H,40,42)/b36-17-. The zero-order chi connectivity index (χ0) is 31.8. The second kappa shape index (κ2) is 14.7. The number of benzene rings is 4. The van der Waals surface area contributed by atoms with Crippen molar-refractivity contribution in [2.24, 2.45) is 5.10 Å². The van der Waals surface area contributed by atoms with Crippen LogP contribution in [-0.4, -0.2) is 36.7 Å². The van der Waals surface area contributed by atoms with Crippen LogP contribution in [0.1, 0.15) is 21.5 Å². The molecule has 0 aliphatic carbocycles. The number of para-hydroxylation sites is 1. The molecule has 0 spiro atoms. The van der Waals surface area contributed by atoms with Crippen LogP contribution in [0.4, 0.5) is 16.5 Å². The SMILES string of the molecule is COc1cc(/C=N\NC(=O)c2ccc(-c3csc(Nc4ccc(Cl)cc4)n3)cc2)cc(Cl)c1OCC(=O)Nc1ccccc1C. The summed E-state index contributed by atoms with van der Waals surface area (Å²) in [7, 11) is 1.46. The van der Waals surface area contributed by atoms with Gasteiger partial charge < -0.3 is 20.1 Å². The third-order valence-electron chi connectivity index (χ3n) is 6.44. The summed E-state index contributed by atoms with van der Waals surface area (Å²) in [4.78, 5) is 29.7. The number of nitrogens with zero attached hydrogens (tertiary/aromatic N) is 2. The van der Waals surface area contributed by atoms with E-state index in [-0.39, 0.29) is 29.2 Å². The number of aryl methyl sites for hydroxylation is 1. The number of hydrogen-bond donors (Lipinski definition) is 3. The maximum Gasteiger partial charge on any atom is 0.271 e. The first-order valence-electron chi connectivity index (χ1n) is 13.6. The third-order valence-corrected chi connectivity index (χ3v) is 7.73. The van der Waals surface area contributed by atoms with Gasteiger partial charge in [-0.25, -0.2) is 10.4 Å². The first-order valence-corrected chi connectivity index (χ1v) is 15.2. The summed E-state index contributed by atoms with van der Waals surface area (Å²) >= 11 is 13.9. The highest BCUT2D eigenvalue weighted by atomic mass is 35.5. The van der Waals surface area contributed by atoms with Gasteiger partial charge in [0.25, 0.3) is 11.8 Å². The van der Waals surface area contributed by atoms with Crippen molar-refractivity contribution in [2.75, 3.05) is 24.4 Å². The maximum absolute atomic E-state index is 12.7. The first kappa shape index (κ1) is 31.5. The Morgan fingerprint density at radius 2 is 1.76 bits per heavy atom. The molecule has 5 rings (SSSR count). The fourth-order valence-corrected chi connectivity index (χ4v) is 5.27. The number of nitrogens with one attached hydrogen (secondary N) is 3. The van der Waals surface area contributed by atoms with Crippen molar-refractivity contribution in [1.82, 2.24) is 10.4 Å². The van der Waals surface area contributed by atoms with Gasteiger partial charge >= 0.3 is 0 Å². The number of carbonyl (C=O) groups excluding carboxylic acids is 2. The van der Waals surface area contributed by atoms with Crippen molar-refractivity contribution in [1.29, 1.82) is 0 Å². The maximum atomic E-state index is 12.7. The predicted molar refractivity (Wildman–Crippen MR) is 181 cm³/mol. The quantitative estimate of drug-likeness (QED) is 0.0979. The smallest absolute Gasteiger partial charge is 0.271 e. The van der Waals surface area contributed by atoms with E-state index in [2.05, 4.69) is 26.1 Å². The van der Waals surface area contributed by atoms with E-state index in [1.54, 1.807) is 24.3 Å². The number of ether oxygens (including phenoxy) is 2. The second-order valence-corrected chi connectivity index (χ2v) is 11.3. The van der Waals surface area contributed by atoms with Gasteiger partial charge in [-0.1, -0.05) is 53.5 Å². The van der Waals surface area contributed by atoms with Crippen LogP contribution in [0.3, 0.4) is 0 Å². The molecule has 1 aromatic heterocycles. The lowest BCUT2D eigenvalue weighted by atomic mass is 10.1. The number of aromatic nitrogens is 1. The highest BCUT2D eigenvalue weighted by Crippen LogP contribution is 2.36. The zero-order valence-corrected chi connectivity index (χ0v) is 26.5. The molecule has 3 N–H and O–H groups in total. The van der Waals surface area contributed by atoms with E-state index in [4.69, 9.17) is 32.7 Å². The van der Waals surface area contributed by atoms with E-state index < -0.39 is 0 Å². The Bertz CT molecular complexity index is 1840. The molecule has 45 heavy (non-hydrogen) atoms. The molecule has 4 aromatic carbocycles. The molecule has 2 amide bonds. The summed E-state index contributed by atoms with van der Waals surface area (Å²) in [6, 6.07) is 25.1. The number of carbonyl (C=O) groups is 2. The van der Waals surface area contributed by atoms with E-state index in [1.807, 2.05) is 73.0 Å². The number of halogens is 2. The number of hydrazone groups is 1. The Morgan fingerprint density at radius 3 is 2.49 bits per heavy atom. The van der Waals surface area contributed by atoms with Crippen molar-refractivity contribution in [3.8, 4) is 22.8 Å². The van der Waals surface area contributed by atoms with Crippen LogP contribution in [0.5, 0.6) is 11.5 Å². The Kier molecular flexibility index (Phi) is 10.3. The van der Waals surface area contributed by atoms with Crippen LogP contribution >= 0.6 is 34.5 Å². The summed E-state index contributed by atoms with van der Waals surface area (Å²) in [5.74, 6) is -0.207. The highest BCUT2D eigenvalue weighted by Gasteiger charge is 2.15. The average Bonchev–Trinajstić information content (AvgIpc) is 3.51. The molecule has 1 heterocycles. The second-order valence-electron chi connectivity index (χ2n) is 9.63. The van der Waals surface area contributed by atoms with Gasteiger partial charge in [-0.05, 0) is 72.6 Å². The van der Waals surface area contributed by atoms with E-state index in [9.17, 15) is 9.59 Å². The molecule has 0 fully saturated rings. The molecule has 0 atom stereocenters. The van der Waals surface area contributed by atoms with Crippen molar-refractivity contribution < 1.29 is 19.1 Å². The van der Waals surface area contributed by atoms with Gasteiger partial charge in [-0.3, -0.25) is 9.59 Å². The lowest BCUT2D eigenvalue weighted by Crippen LogP contribution is -2.21. The van der Waals surface area contributed by atoms with Gasteiger partial charge in [0, 0.05) is 32.9 Å². The van der Waals surface area contributed by atoms with Crippen LogP contribution in [0.2, 0.25) is 10.0 Å². The van der Waals surface area contributed by atoms with Crippen molar-refractivity contribution >= 4 is 69.1 Å². The normalized spacial score (nSPS) is 10.8. The van der Waals surface area contributed by atoms with Gasteiger partial charge in [0.2, 0.25) is 0 Å². The monoisotopic (exact) mass is 659 g/mol. The lowest BCUT2D eigenvalue weighted by molar-refractivity contribution is -0.118. The number of hydrogen-bond acceptors (Lipinski definition) is 8. The molecular weight excluding hydrogens is 633 g/mol. The molecule has 5 aromatic rings. The van der Waals surface area contributed by atoms with Gasteiger partial charge in [0.05, 0.1) is 24.0 Å². The van der Waals surface area contributed by atoms with Crippen molar-refractivity contribution in [3.63, 3.8) is 0 Å². The van der Waals surface area contributed by atoms with Crippen LogP contribution in [0.25, 0.3) is 11.3 Å². The van der Waals surface area contributed by atoms with Crippen LogP contribution < -0.4 is 25.5 Å². The molecule has 0 aliphatic heterocycles. The molecule has 228 valence electrons. The van der Waals surface area contributed by atoms with Gasteiger partial charge in [-0.15, -0.1) is 11.3 Å². The Morgan fingerprint density at radius 1 is 1.00 bits per heavy atom. The Labute approximate surface area is 273 Å². The molecule has 0 radical (unpaired) electrons. The largest absolute Gasteiger partial charge is 0.493 e. The minimum atomic E-state index is -0.390. The first-order chi connectivity index (χ1) is 21.8. The Hall–Kier alpha value is -4.90. The molecular formula is C33H27Cl2N5O4S. The number of amides is 2. The van der Waals surface area contributed by atoms with Crippen LogP contribution in [-0.2, 0) is 4.79 Å². The fourth-order valence-electron chi connectivity index (χ4n) is 4.13. The zero-order valence-electron chi connectivity index (χ0n) is 24.1. The molecule has 0 unspecified atom stereocenters. The van der Waals surface area contributed by atoms with Gasteiger partial charge in [0.1, 0.15) is 0 Å². The van der Waals surface area contributed by atoms with E-state index in [0.717, 1.165) is 27.6 Å². The number of methoxy groups -OCH3 is 1. The summed E-state index contributed by atoms with van der Waals surface area (Å²) < 4.78 is 11.1. The summed E-state index contributed by atoms with van der Waals surface area (Å²) in [6.45, 7) is 1.63. The van der Waals surface area contributed by atoms with Crippen LogP contribution in [0, 0.1) is 6.92 Å². The minimum absolute atomic E-state index is 0.216. The third kappa shape index (κ3) is 8.39. The summed E-state index contributed by atoms with van der Waals surface area (Å²) in [6.07, 6.45) is 1.43. The molecule has 12 heteroatoms.